The van der Waals surface area contributed by atoms with Crippen molar-refractivity contribution in [3.8, 4) is 0 Å². The number of aryl methyl sites for hydroxylation is 2. The maximum atomic E-state index is 12.3. The summed E-state index contributed by atoms with van der Waals surface area (Å²) in [5, 5.41) is 0. The lowest BCUT2D eigenvalue weighted by atomic mass is 9.84. The van der Waals surface area contributed by atoms with Gasteiger partial charge in [-0.25, -0.2) is 4.79 Å². The number of carbonyl (C=O) groups excluding carboxylic acids is 1. The van der Waals surface area contributed by atoms with Crippen molar-refractivity contribution < 1.29 is 9.53 Å². The highest BCUT2D eigenvalue weighted by molar-refractivity contribution is 5.85. The molecule has 2 saturated heterocycles. The summed E-state index contributed by atoms with van der Waals surface area (Å²) in [4.78, 5) is 29.1. The number of likely N-dealkylation sites (tertiary alicyclic amines) is 1. The van der Waals surface area contributed by atoms with E-state index in [1.165, 1.54) is 5.56 Å². The lowest BCUT2D eigenvalue weighted by molar-refractivity contribution is -0.138. The predicted molar refractivity (Wildman–Crippen MR) is 107 cm³/mol. The second-order valence-corrected chi connectivity index (χ2v) is 8.00. The Balaban J connectivity index is 1.48. The van der Waals surface area contributed by atoms with Gasteiger partial charge in [0.1, 0.15) is 5.54 Å². The van der Waals surface area contributed by atoms with Crippen LogP contribution >= 0.6 is 0 Å². The van der Waals surface area contributed by atoms with E-state index >= 15 is 0 Å². The van der Waals surface area contributed by atoms with E-state index in [4.69, 9.17) is 10.5 Å². The number of benzene rings is 1. The van der Waals surface area contributed by atoms with Gasteiger partial charge in [0.05, 0.1) is 24.2 Å². The molecule has 1 amide bonds. The van der Waals surface area contributed by atoms with E-state index in [1.807, 2.05) is 6.07 Å². The van der Waals surface area contributed by atoms with E-state index in [0.717, 1.165) is 56.6 Å². The minimum atomic E-state index is -0.548. The van der Waals surface area contributed by atoms with Gasteiger partial charge < -0.3 is 10.5 Å². The summed E-state index contributed by atoms with van der Waals surface area (Å²) < 4.78 is 8.80. The fourth-order valence-corrected chi connectivity index (χ4v) is 4.70. The van der Waals surface area contributed by atoms with Crippen molar-refractivity contribution in [3.05, 3.63) is 34.2 Å². The third-order valence-corrected chi connectivity index (χ3v) is 6.50. The van der Waals surface area contributed by atoms with E-state index in [1.54, 1.807) is 23.2 Å². The minimum Gasteiger partial charge on any atom is -0.379 e. The molecule has 28 heavy (non-hydrogen) atoms. The molecule has 0 spiro atoms. The fourth-order valence-electron chi connectivity index (χ4n) is 4.70. The van der Waals surface area contributed by atoms with Gasteiger partial charge in [-0.2, -0.15) is 0 Å². The summed E-state index contributed by atoms with van der Waals surface area (Å²) in [7, 11) is 3.60. The molecule has 152 valence electrons. The van der Waals surface area contributed by atoms with Crippen molar-refractivity contribution in [2.75, 3.05) is 39.4 Å². The van der Waals surface area contributed by atoms with Crippen LogP contribution in [0, 0.1) is 0 Å². The number of aromatic nitrogens is 2. The van der Waals surface area contributed by atoms with Crippen LogP contribution in [0.2, 0.25) is 0 Å². The molecule has 0 atom stereocenters. The fraction of sp³-hybridized carbons (Fsp3) is 0.600. The molecule has 1 aromatic carbocycles. The Kier molecular flexibility index (Phi) is 5.03. The highest BCUT2D eigenvalue weighted by atomic mass is 16.5. The van der Waals surface area contributed by atoms with Crippen LogP contribution in [0.3, 0.4) is 0 Å². The Hall–Kier alpha value is -2.16. The molecule has 0 radical (unpaired) electrons. The van der Waals surface area contributed by atoms with Crippen molar-refractivity contribution in [3.63, 3.8) is 0 Å². The van der Waals surface area contributed by atoms with Crippen molar-refractivity contribution in [2.24, 2.45) is 19.8 Å². The number of primary amides is 1. The van der Waals surface area contributed by atoms with Crippen LogP contribution in [-0.4, -0.2) is 69.8 Å². The zero-order valence-electron chi connectivity index (χ0n) is 16.7. The van der Waals surface area contributed by atoms with Crippen molar-refractivity contribution in [1.82, 2.24) is 18.9 Å². The first kappa shape index (κ1) is 19.2. The van der Waals surface area contributed by atoms with Gasteiger partial charge in [0, 0.05) is 46.8 Å². The average Bonchev–Trinajstić information content (AvgIpc) is 2.93. The van der Waals surface area contributed by atoms with Gasteiger partial charge in [-0.3, -0.25) is 23.7 Å². The van der Waals surface area contributed by atoms with E-state index in [0.29, 0.717) is 13.2 Å². The molecule has 0 saturated carbocycles. The lowest BCUT2D eigenvalue weighted by Crippen LogP contribution is -2.64. The Morgan fingerprint density at radius 1 is 1.07 bits per heavy atom. The van der Waals surface area contributed by atoms with E-state index in [-0.39, 0.29) is 11.6 Å². The number of imidazole rings is 1. The zero-order chi connectivity index (χ0) is 19.9. The number of nitrogens with two attached hydrogens (primary N) is 1. The van der Waals surface area contributed by atoms with Gasteiger partial charge >= 0.3 is 5.69 Å². The quantitative estimate of drug-likeness (QED) is 0.800. The number of hydrogen-bond acceptors (Lipinski definition) is 5. The summed E-state index contributed by atoms with van der Waals surface area (Å²) in [5.74, 6) is -0.213. The van der Waals surface area contributed by atoms with Gasteiger partial charge in [-0.1, -0.05) is 6.07 Å². The number of carbonyl (C=O) groups is 1. The van der Waals surface area contributed by atoms with Crippen molar-refractivity contribution in [1.29, 1.82) is 0 Å². The summed E-state index contributed by atoms with van der Waals surface area (Å²) in [6.45, 7) is 5.31. The molecule has 2 fully saturated rings. The maximum absolute atomic E-state index is 12.3. The van der Waals surface area contributed by atoms with Crippen LogP contribution in [0.1, 0.15) is 18.4 Å². The number of nitrogens with zero attached hydrogens (tertiary/aromatic N) is 4. The number of morpholine rings is 1. The largest absolute Gasteiger partial charge is 0.379 e. The molecule has 2 aliphatic rings. The molecule has 8 heteroatoms. The van der Waals surface area contributed by atoms with Crippen LogP contribution in [0.4, 0.5) is 0 Å². The maximum Gasteiger partial charge on any atom is 0.328 e. The minimum absolute atomic E-state index is 0.0122. The van der Waals surface area contributed by atoms with Crippen LogP contribution in [0.5, 0.6) is 0 Å². The van der Waals surface area contributed by atoms with Gasteiger partial charge in [-0.05, 0) is 30.5 Å². The molecule has 1 aromatic heterocycles. The molecule has 2 aromatic rings. The summed E-state index contributed by atoms with van der Waals surface area (Å²) in [6, 6.07) is 6.19. The molecular weight excluding hydrogens is 358 g/mol. The molecule has 0 unspecified atom stereocenters. The second-order valence-electron chi connectivity index (χ2n) is 8.00. The molecule has 0 bridgehead atoms. The van der Waals surface area contributed by atoms with Crippen molar-refractivity contribution in [2.45, 2.75) is 24.9 Å². The third kappa shape index (κ3) is 3.15. The van der Waals surface area contributed by atoms with Gasteiger partial charge in [0.15, 0.2) is 0 Å². The van der Waals surface area contributed by atoms with Crippen LogP contribution < -0.4 is 11.4 Å². The smallest absolute Gasteiger partial charge is 0.328 e. The number of ether oxygens (including phenoxy) is 1. The number of rotatable bonds is 4. The first-order valence-corrected chi connectivity index (χ1v) is 9.92. The van der Waals surface area contributed by atoms with Crippen LogP contribution in [0.15, 0.2) is 23.0 Å². The SMILES string of the molecule is Cn1c(=O)n(C)c2cc(CN3CCC(C(N)=O)(N4CCOCC4)CC3)ccc21. The average molecular weight is 387 g/mol. The third-order valence-electron chi connectivity index (χ3n) is 6.50. The molecule has 4 rings (SSSR count). The molecule has 3 heterocycles. The topological polar surface area (TPSA) is 85.7 Å². The summed E-state index contributed by atoms with van der Waals surface area (Å²) in [6.07, 6.45) is 1.49. The Morgan fingerprint density at radius 2 is 1.71 bits per heavy atom. The Bertz CT molecular complexity index is 933. The number of piperidine rings is 1. The molecule has 0 aliphatic carbocycles. The van der Waals surface area contributed by atoms with Crippen LogP contribution in [0.25, 0.3) is 11.0 Å². The zero-order valence-corrected chi connectivity index (χ0v) is 16.7. The number of hydrogen-bond donors (Lipinski definition) is 1. The van der Waals surface area contributed by atoms with Crippen LogP contribution in [-0.2, 0) is 30.2 Å². The highest BCUT2D eigenvalue weighted by Crippen LogP contribution is 2.30. The monoisotopic (exact) mass is 387 g/mol. The Morgan fingerprint density at radius 3 is 2.36 bits per heavy atom. The first-order valence-electron chi connectivity index (χ1n) is 9.92. The van der Waals surface area contributed by atoms with Gasteiger partial charge in [0.2, 0.25) is 5.91 Å². The lowest BCUT2D eigenvalue weighted by Gasteiger charge is -2.48. The van der Waals surface area contributed by atoms with E-state index < -0.39 is 5.54 Å². The normalized spacial score (nSPS) is 21.2. The molecular formula is C20H29N5O3. The van der Waals surface area contributed by atoms with Gasteiger partial charge in [-0.15, -0.1) is 0 Å². The summed E-state index contributed by atoms with van der Waals surface area (Å²) >= 11 is 0. The first-order chi connectivity index (χ1) is 13.4. The number of amides is 1. The van der Waals surface area contributed by atoms with E-state index in [2.05, 4.69) is 21.9 Å². The molecule has 2 N–H and O–H groups in total. The molecule has 8 nitrogen and oxygen atoms in total. The van der Waals surface area contributed by atoms with Crippen molar-refractivity contribution >= 4 is 16.9 Å². The van der Waals surface area contributed by atoms with Gasteiger partial charge in [0.25, 0.3) is 0 Å². The summed E-state index contributed by atoms with van der Waals surface area (Å²) in [5.41, 5.74) is 8.35. The van der Waals surface area contributed by atoms with E-state index in [9.17, 15) is 9.59 Å². The Labute approximate surface area is 164 Å². The second kappa shape index (κ2) is 7.35. The standard InChI is InChI=1S/C20H29N5O3/c1-22-16-4-3-15(13-17(16)23(2)19(22)27)14-24-7-5-20(6-8-24,18(21)26)25-9-11-28-12-10-25/h3-4,13H,5-12,14H2,1-2H3,(H2,21,26). The predicted octanol–water partition coefficient (Wildman–Crippen LogP) is 0.0291. The highest BCUT2D eigenvalue weighted by Gasteiger charge is 2.45. The number of fused-ring (bicyclic) bond motifs is 1. The molecule has 2 aliphatic heterocycles.